The SMILES string of the molecule is CC(C)(C)OC(=O)N[C@H](Cc1ccccc1)C(=O)N[C@@H](CCCN/C(N)=N/[N+](=O)[O-])C(=O)O.COC(=O)C(Cc1c[nH]c2ccccc12)NC(=O)[C@H](CCCN/C(N)=N/[N+](=O)[O-])NC(=O)[C@@H](Cc1ccccc1)NC(=O)OC(C)(C)C.COC(=O)[C@@H](N)Cc1c[nH]c2ccccc12. The highest BCUT2D eigenvalue weighted by Gasteiger charge is 2.33. The van der Waals surface area contributed by atoms with E-state index in [4.69, 9.17) is 31.4 Å². The minimum Gasteiger partial charge on any atom is -0.480 e. The Hall–Kier alpha value is -11.4. The Morgan fingerprint density at radius 1 is 0.515 bits per heavy atom. The van der Waals surface area contributed by atoms with Crippen LogP contribution in [0.4, 0.5) is 9.59 Å². The van der Waals surface area contributed by atoms with Gasteiger partial charge in [0.25, 0.3) is 11.9 Å². The summed E-state index contributed by atoms with van der Waals surface area (Å²) < 4.78 is 20.2. The number of esters is 2. The summed E-state index contributed by atoms with van der Waals surface area (Å²) in [5.41, 5.74) is 20.1. The first-order chi connectivity index (χ1) is 45.8. The number of alkyl carbamates (subject to hydrolysis) is 2. The molecule has 5 amide bonds. The molecule has 6 aromatic rings. The van der Waals surface area contributed by atoms with Gasteiger partial charge in [-0.25, -0.2) is 39.4 Å². The first-order valence-corrected chi connectivity index (χ1v) is 30.5. The molecule has 16 N–H and O–H groups in total. The lowest BCUT2D eigenvalue weighted by atomic mass is 10.0. The number of hydrogen-bond donors (Lipinski definition) is 13. The van der Waals surface area contributed by atoms with Gasteiger partial charge >= 0.3 is 30.1 Å². The van der Waals surface area contributed by atoms with Gasteiger partial charge in [-0.1, -0.05) is 97.1 Å². The van der Waals surface area contributed by atoms with Crippen LogP contribution in [0.5, 0.6) is 0 Å². The Labute approximate surface area is 558 Å². The molecule has 0 radical (unpaired) electrons. The summed E-state index contributed by atoms with van der Waals surface area (Å²) in [5.74, 6) is -5.27. The molecule has 0 saturated carbocycles. The maximum absolute atomic E-state index is 13.8. The monoisotopic (exact) mass is 1350 g/mol. The van der Waals surface area contributed by atoms with E-state index in [1.165, 1.54) is 14.2 Å². The van der Waals surface area contributed by atoms with E-state index in [1.54, 1.807) is 102 Å². The Bertz CT molecular complexity index is 3660. The second-order valence-corrected chi connectivity index (χ2v) is 23.7. The molecular weight excluding hydrogens is 1260 g/mol. The Kier molecular flexibility index (Phi) is 31.2. The van der Waals surface area contributed by atoms with Crippen molar-refractivity contribution >= 4 is 81.5 Å². The van der Waals surface area contributed by atoms with Crippen molar-refractivity contribution in [2.45, 2.75) is 140 Å². The van der Waals surface area contributed by atoms with E-state index in [2.05, 4.69) is 62.1 Å². The average molecular weight is 1350 g/mol. The van der Waals surface area contributed by atoms with Gasteiger partial charge in [-0.2, -0.15) is 0 Å². The zero-order valence-electron chi connectivity index (χ0n) is 55.1. The summed E-state index contributed by atoms with van der Waals surface area (Å²) in [6, 6.07) is 26.9. The number of hydrogen-bond acceptors (Lipinski definition) is 17. The topological polar surface area (TPSA) is 499 Å². The van der Waals surface area contributed by atoms with Gasteiger partial charge in [-0.05, 0) is 102 Å². The number of carboxylic acid groups (broad SMARTS) is 1. The third-order valence-corrected chi connectivity index (χ3v) is 13.7. The van der Waals surface area contributed by atoms with Crippen molar-refractivity contribution in [2.75, 3.05) is 27.3 Å². The highest BCUT2D eigenvalue weighted by Crippen LogP contribution is 2.21. The molecule has 0 bridgehead atoms. The molecule has 2 heterocycles. The number of aliphatic carboxylic acids is 1. The molecule has 524 valence electrons. The van der Waals surface area contributed by atoms with Crippen LogP contribution in [0.15, 0.2) is 132 Å². The van der Waals surface area contributed by atoms with Crippen LogP contribution in [0.3, 0.4) is 0 Å². The van der Waals surface area contributed by atoms with Crippen LogP contribution in [0, 0.1) is 20.2 Å². The lowest BCUT2D eigenvalue weighted by Crippen LogP contribution is -2.57. The Morgan fingerprint density at radius 2 is 0.887 bits per heavy atom. The van der Waals surface area contributed by atoms with Crippen LogP contribution < -0.4 is 54.4 Å². The number of guanidine groups is 2. The number of methoxy groups -OCH3 is 2. The maximum atomic E-state index is 13.8. The number of nitrogens with one attached hydrogen (secondary N) is 9. The zero-order chi connectivity index (χ0) is 71.8. The molecule has 33 nitrogen and oxygen atoms in total. The number of carbonyl (C=O) groups is 8. The lowest BCUT2D eigenvalue weighted by molar-refractivity contribution is -0.485. The van der Waals surface area contributed by atoms with Gasteiger partial charge in [0, 0.05) is 73.0 Å². The highest BCUT2D eigenvalue weighted by molar-refractivity contribution is 5.94. The van der Waals surface area contributed by atoms with E-state index in [0.29, 0.717) is 6.42 Å². The summed E-state index contributed by atoms with van der Waals surface area (Å²) in [7, 11) is 2.55. The first-order valence-electron chi connectivity index (χ1n) is 30.5. The quantitative estimate of drug-likeness (QED) is 0.00606. The van der Waals surface area contributed by atoms with Gasteiger partial charge in [-0.3, -0.25) is 19.2 Å². The molecule has 97 heavy (non-hydrogen) atoms. The molecule has 4 aromatic carbocycles. The number of para-hydroxylation sites is 2. The van der Waals surface area contributed by atoms with E-state index in [0.717, 1.165) is 44.1 Å². The number of carbonyl (C=O) groups excluding carboxylic acids is 7. The molecule has 6 rings (SSSR count). The number of fused-ring (bicyclic) bond motifs is 2. The van der Waals surface area contributed by atoms with E-state index >= 15 is 0 Å². The fourth-order valence-corrected chi connectivity index (χ4v) is 9.28. The standard InChI is InChI=1S/C32H42N8O8.C20H30N6O7.C12H14N2O2/c1-32(2,3)48-31(44)38-25(17-20-11-6-5-7-12-20)28(42)36-24(15-10-16-34-30(33)39-40(45)46)27(41)37-26(29(43)47-4)18-21-19-35-23-14-9-8-13-22(21)23;1-20(2,3)33-19(30)24-15(12-13-8-5-4-6-9-13)16(27)23-14(17(28)29)10-7-11-22-18(21)25-26(31)32;1-16-12(15)10(13)6-8-7-14-11-5-3-2-4-9(8)11/h5-9,11-14,19,24-26,35H,10,15-18H2,1-4H3,(H,36,42)(H,37,41)(H,38,44)(H3,33,34,39);4-6,8-9,14-15H,7,10-12H2,1-3H3,(H,23,27)(H,24,30)(H,28,29)(H3,21,22,25);2-5,7,10,14H,6,13H2,1H3/t24-,25+,26?;14-,15+;10-/m000/s1. The summed E-state index contributed by atoms with van der Waals surface area (Å²) in [6.45, 7) is 10.3. The van der Waals surface area contributed by atoms with Crippen LogP contribution >= 0.6 is 0 Å². The van der Waals surface area contributed by atoms with Crippen LogP contribution in [-0.4, -0.2) is 160 Å². The molecule has 0 fully saturated rings. The highest BCUT2D eigenvalue weighted by atomic mass is 16.7. The summed E-state index contributed by atoms with van der Waals surface area (Å²) in [5, 5.41) is 54.1. The molecule has 0 spiro atoms. The number of aromatic amines is 2. The van der Waals surface area contributed by atoms with Crippen LogP contribution in [0.1, 0.15) is 89.5 Å². The number of carboxylic acids is 1. The van der Waals surface area contributed by atoms with Gasteiger partial charge in [0.05, 0.1) is 14.2 Å². The predicted octanol–water partition coefficient (Wildman–Crippen LogP) is 3.64. The first kappa shape index (κ1) is 78.1. The largest absolute Gasteiger partial charge is 0.480 e. The van der Waals surface area contributed by atoms with Crippen molar-refractivity contribution in [3.8, 4) is 0 Å². The van der Waals surface area contributed by atoms with Crippen molar-refractivity contribution in [1.82, 2.24) is 47.2 Å². The molecule has 0 saturated heterocycles. The molecule has 6 atom stereocenters. The molecule has 1 unspecified atom stereocenters. The lowest BCUT2D eigenvalue weighted by Gasteiger charge is -2.26. The molecule has 33 heteroatoms. The zero-order valence-corrected chi connectivity index (χ0v) is 55.1. The molecule has 2 aromatic heterocycles. The number of ether oxygens (including phenoxy) is 4. The summed E-state index contributed by atoms with van der Waals surface area (Å²) in [4.78, 5) is 128. The Morgan fingerprint density at radius 3 is 1.29 bits per heavy atom. The van der Waals surface area contributed by atoms with E-state index < -0.39 is 111 Å². The minimum absolute atomic E-state index is 0.00428. The third-order valence-electron chi connectivity index (χ3n) is 13.7. The van der Waals surface area contributed by atoms with E-state index in [9.17, 15) is 63.7 Å². The van der Waals surface area contributed by atoms with Crippen molar-refractivity contribution < 1.29 is 72.5 Å². The smallest absolute Gasteiger partial charge is 0.408 e. The van der Waals surface area contributed by atoms with Gasteiger partial charge < -0.3 is 88.4 Å². The van der Waals surface area contributed by atoms with Crippen molar-refractivity contribution in [3.05, 3.63) is 164 Å². The van der Waals surface area contributed by atoms with Gasteiger partial charge in [-0.15, -0.1) is 0 Å². The van der Waals surface area contributed by atoms with E-state index in [1.807, 2.05) is 60.8 Å². The second-order valence-electron chi connectivity index (χ2n) is 23.7. The number of rotatable bonds is 29. The molecular formula is C64H86N16O17. The number of H-pyrrole nitrogens is 2. The molecule has 0 aliphatic rings. The normalized spacial score (nSPS) is 13.3. The summed E-state index contributed by atoms with van der Waals surface area (Å²) >= 11 is 0. The number of nitro groups is 2. The van der Waals surface area contributed by atoms with Gasteiger partial charge in [0.2, 0.25) is 17.7 Å². The Balaban J connectivity index is 0.000000349. The number of benzene rings is 4. The van der Waals surface area contributed by atoms with Crippen molar-refractivity contribution in [2.24, 2.45) is 27.4 Å². The van der Waals surface area contributed by atoms with Crippen LogP contribution in [-0.2, 0) is 73.4 Å². The van der Waals surface area contributed by atoms with Gasteiger partial charge in [0.1, 0.15) is 57.7 Å². The number of hydrazone groups is 2. The van der Waals surface area contributed by atoms with E-state index in [-0.39, 0.29) is 64.0 Å². The second kappa shape index (κ2) is 38.7. The van der Waals surface area contributed by atoms with Gasteiger partial charge in [0.15, 0.2) is 10.1 Å². The van der Waals surface area contributed by atoms with Crippen molar-refractivity contribution in [1.29, 1.82) is 0 Å². The van der Waals surface area contributed by atoms with Crippen molar-refractivity contribution in [3.63, 3.8) is 0 Å². The molecule has 0 aliphatic heterocycles. The third kappa shape index (κ3) is 29.2. The maximum Gasteiger partial charge on any atom is 0.408 e. The number of amides is 5. The number of nitrogens with zero attached hydrogens (tertiary/aromatic N) is 4. The number of aromatic nitrogens is 2. The number of nitrogens with two attached hydrogens (primary N) is 3. The summed E-state index contributed by atoms with van der Waals surface area (Å²) in [6.07, 6.45) is 3.20. The predicted molar refractivity (Wildman–Crippen MR) is 358 cm³/mol. The average Bonchev–Trinajstić information content (AvgIpc) is 1.72. The fraction of sp³-hybridized carbons (Fsp3) is 0.406. The minimum atomic E-state index is -1.27. The van der Waals surface area contributed by atoms with Crippen LogP contribution in [0.2, 0.25) is 0 Å². The molecule has 0 aliphatic carbocycles. The fourth-order valence-electron chi connectivity index (χ4n) is 9.28. The van der Waals surface area contributed by atoms with Crippen LogP contribution in [0.25, 0.3) is 21.8 Å².